The summed E-state index contributed by atoms with van der Waals surface area (Å²) in [5.41, 5.74) is 1.48. The lowest BCUT2D eigenvalue weighted by atomic mass is 9.97. The summed E-state index contributed by atoms with van der Waals surface area (Å²) in [6, 6.07) is 8.91. The van der Waals surface area contributed by atoms with Crippen LogP contribution in [0.3, 0.4) is 0 Å². The van der Waals surface area contributed by atoms with Crippen molar-refractivity contribution in [2.75, 3.05) is 0 Å². The molecule has 0 radical (unpaired) electrons. The average molecular weight is 310 g/mol. The van der Waals surface area contributed by atoms with E-state index in [9.17, 15) is 9.59 Å². The third-order valence-electron chi connectivity index (χ3n) is 4.08. The van der Waals surface area contributed by atoms with E-state index >= 15 is 0 Å². The number of fused-ring (bicyclic) bond motifs is 3. The highest BCUT2D eigenvalue weighted by atomic mass is 32.1. The molecule has 0 atom stereocenters. The molecule has 4 rings (SSSR count). The van der Waals surface area contributed by atoms with Gasteiger partial charge in [-0.2, -0.15) is 0 Å². The first-order chi connectivity index (χ1) is 10.7. The molecule has 0 bridgehead atoms. The molecular weight excluding hydrogens is 296 g/mol. The number of H-pyrrole nitrogens is 1. The molecule has 1 aliphatic carbocycles. The molecule has 2 aromatic heterocycles. The summed E-state index contributed by atoms with van der Waals surface area (Å²) < 4.78 is 0. The molecule has 0 spiro atoms. The number of rotatable bonds is 2. The number of ketones is 1. The van der Waals surface area contributed by atoms with Gasteiger partial charge in [-0.15, -0.1) is 11.3 Å². The van der Waals surface area contributed by atoms with Crippen LogP contribution in [-0.2, 0) is 12.8 Å². The van der Waals surface area contributed by atoms with Crippen molar-refractivity contribution >= 4 is 27.3 Å². The van der Waals surface area contributed by atoms with E-state index < -0.39 is 0 Å². The van der Waals surface area contributed by atoms with Crippen molar-refractivity contribution in [1.82, 2.24) is 9.97 Å². The number of carbonyl (C=O) groups is 1. The van der Waals surface area contributed by atoms with Gasteiger partial charge in [0.2, 0.25) is 5.78 Å². The van der Waals surface area contributed by atoms with Crippen molar-refractivity contribution < 1.29 is 4.79 Å². The minimum atomic E-state index is -0.244. The van der Waals surface area contributed by atoms with Crippen molar-refractivity contribution in [1.29, 1.82) is 0 Å². The van der Waals surface area contributed by atoms with Gasteiger partial charge in [0.05, 0.1) is 5.39 Å². The normalized spacial score (nSPS) is 14.0. The average Bonchev–Trinajstić information content (AvgIpc) is 2.93. The summed E-state index contributed by atoms with van der Waals surface area (Å²) in [6.45, 7) is 0. The van der Waals surface area contributed by atoms with E-state index in [4.69, 9.17) is 0 Å². The lowest BCUT2D eigenvalue weighted by Gasteiger charge is -2.09. The fraction of sp³-hybridized carbons (Fsp3) is 0.235. The van der Waals surface area contributed by atoms with E-state index in [2.05, 4.69) is 9.97 Å². The fourth-order valence-corrected chi connectivity index (χ4v) is 4.26. The summed E-state index contributed by atoms with van der Waals surface area (Å²) in [4.78, 5) is 33.9. The van der Waals surface area contributed by atoms with Crippen molar-refractivity contribution in [3.63, 3.8) is 0 Å². The molecule has 2 heterocycles. The van der Waals surface area contributed by atoms with Gasteiger partial charge < -0.3 is 4.98 Å². The molecule has 1 aliphatic rings. The Morgan fingerprint density at radius 1 is 1.14 bits per heavy atom. The molecule has 110 valence electrons. The molecule has 1 N–H and O–H groups in total. The first-order valence-corrected chi connectivity index (χ1v) is 8.20. The molecule has 0 saturated heterocycles. The first kappa shape index (κ1) is 13.4. The number of hydrogen-bond acceptors (Lipinski definition) is 4. The maximum absolute atomic E-state index is 12.5. The van der Waals surface area contributed by atoms with Gasteiger partial charge in [-0.3, -0.25) is 9.59 Å². The van der Waals surface area contributed by atoms with E-state index in [1.807, 2.05) is 6.07 Å². The SMILES string of the molecule is O=C(c1ccccc1)c1nc2sc3c(c2c(=O)[nH]1)CCCC3. The van der Waals surface area contributed by atoms with Crippen molar-refractivity contribution in [2.24, 2.45) is 0 Å². The van der Waals surface area contributed by atoms with Crippen LogP contribution in [0.2, 0.25) is 0 Å². The number of aryl methyl sites for hydroxylation is 2. The lowest BCUT2D eigenvalue weighted by Crippen LogP contribution is -2.17. The molecule has 0 amide bonds. The second-order valence-corrected chi connectivity index (χ2v) is 6.58. The number of carbonyl (C=O) groups excluding carboxylic acids is 1. The van der Waals surface area contributed by atoms with Crippen LogP contribution in [0.4, 0.5) is 0 Å². The number of hydrogen-bond donors (Lipinski definition) is 1. The zero-order valence-electron chi connectivity index (χ0n) is 11.9. The summed E-state index contributed by atoms with van der Waals surface area (Å²) in [7, 11) is 0. The van der Waals surface area contributed by atoms with Crippen LogP contribution in [0.1, 0.15) is 39.5 Å². The van der Waals surface area contributed by atoms with Crippen LogP contribution < -0.4 is 5.56 Å². The number of aromatic nitrogens is 2. The predicted molar refractivity (Wildman–Crippen MR) is 86.8 cm³/mol. The van der Waals surface area contributed by atoms with E-state index in [0.717, 1.165) is 31.2 Å². The highest BCUT2D eigenvalue weighted by molar-refractivity contribution is 7.18. The van der Waals surface area contributed by atoms with Gasteiger partial charge in [0.15, 0.2) is 5.82 Å². The quantitative estimate of drug-likeness (QED) is 0.740. The van der Waals surface area contributed by atoms with E-state index in [1.54, 1.807) is 35.6 Å². The van der Waals surface area contributed by atoms with Crippen molar-refractivity contribution in [3.05, 3.63) is 62.5 Å². The molecule has 22 heavy (non-hydrogen) atoms. The smallest absolute Gasteiger partial charge is 0.260 e. The van der Waals surface area contributed by atoms with E-state index in [-0.39, 0.29) is 17.2 Å². The first-order valence-electron chi connectivity index (χ1n) is 7.38. The fourth-order valence-electron chi connectivity index (χ4n) is 3.00. The second kappa shape index (κ2) is 5.18. The summed E-state index contributed by atoms with van der Waals surface area (Å²) in [6.07, 6.45) is 4.22. The topological polar surface area (TPSA) is 62.8 Å². The summed E-state index contributed by atoms with van der Waals surface area (Å²) >= 11 is 1.56. The maximum atomic E-state index is 12.5. The Balaban J connectivity index is 1.87. The second-order valence-electron chi connectivity index (χ2n) is 5.50. The Morgan fingerprint density at radius 3 is 2.73 bits per heavy atom. The van der Waals surface area contributed by atoms with E-state index in [0.29, 0.717) is 15.8 Å². The zero-order chi connectivity index (χ0) is 15.1. The van der Waals surface area contributed by atoms with Gasteiger partial charge >= 0.3 is 0 Å². The molecule has 5 heteroatoms. The Kier molecular flexibility index (Phi) is 3.15. The molecule has 0 fully saturated rings. The van der Waals surface area contributed by atoms with Crippen LogP contribution in [-0.4, -0.2) is 15.8 Å². The number of thiophene rings is 1. The summed E-state index contributed by atoms with van der Waals surface area (Å²) in [5, 5.41) is 0.685. The third kappa shape index (κ3) is 2.09. The number of benzene rings is 1. The van der Waals surface area contributed by atoms with Crippen LogP contribution in [0.25, 0.3) is 10.2 Å². The Hall–Kier alpha value is -2.27. The Morgan fingerprint density at radius 2 is 1.91 bits per heavy atom. The number of nitrogens with one attached hydrogen (secondary N) is 1. The molecule has 0 unspecified atom stereocenters. The van der Waals surface area contributed by atoms with Crippen LogP contribution >= 0.6 is 11.3 Å². The molecule has 4 nitrogen and oxygen atoms in total. The summed E-state index contributed by atoms with van der Waals surface area (Å²) in [5.74, 6) is -0.117. The highest BCUT2D eigenvalue weighted by Crippen LogP contribution is 2.33. The maximum Gasteiger partial charge on any atom is 0.260 e. The third-order valence-corrected chi connectivity index (χ3v) is 5.26. The Bertz CT molecular complexity index is 925. The zero-order valence-corrected chi connectivity index (χ0v) is 12.7. The molecule has 0 aliphatic heterocycles. The van der Waals surface area contributed by atoms with Gasteiger partial charge in [-0.05, 0) is 31.2 Å². The van der Waals surface area contributed by atoms with Crippen LogP contribution in [0.15, 0.2) is 35.1 Å². The van der Waals surface area contributed by atoms with Crippen LogP contribution in [0.5, 0.6) is 0 Å². The van der Waals surface area contributed by atoms with E-state index in [1.165, 1.54) is 4.88 Å². The van der Waals surface area contributed by atoms with Gasteiger partial charge in [-0.1, -0.05) is 30.3 Å². The minimum absolute atomic E-state index is 0.127. The monoisotopic (exact) mass is 310 g/mol. The lowest BCUT2D eigenvalue weighted by molar-refractivity contribution is 0.102. The van der Waals surface area contributed by atoms with Crippen molar-refractivity contribution in [2.45, 2.75) is 25.7 Å². The number of aromatic amines is 1. The van der Waals surface area contributed by atoms with Gasteiger partial charge in [-0.25, -0.2) is 4.98 Å². The standard InChI is InChI=1S/C17H14N2O2S/c20-14(10-6-2-1-3-7-10)15-18-16(21)13-11-8-4-5-9-12(11)22-17(13)19-15/h1-3,6-7H,4-5,8-9H2,(H,18,19,21). The number of nitrogens with zero attached hydrogens (tertiary/aromatic N) is 1. The Labute approximate surface area is 130 Å². The largest absolute Gasteiger partial charge is 0.303 e. The minimum Gasteiger partial charge on any atom is -0.303 e. The molecule has 0 saturated carbocycles. The van der Waals surface area contributed by atoms with Gasteiger partial charge in [0.1, 0.15) is 4.83 Å². The molecule has 3 aromatic rings. The van der Waals surface area contributed by atoms with Gasteiger partial charge in [0.25, 0.3) is 5.56 Å². The predicted octanol–water partition coefficient (Wildman–Crippen LogP) is 3.09. The van der Waals surface area contributed by atoms with Crippen LogP contribution in [0, 0.1) is 0 Å². The molecular formula is C17H14N2O2S. The molecule has 1 aromatic carbocycles. The van der Waals surface area contributed by atoms with Gasteiger partial charge in [0, 0.05) is 10.4 Å². The highest BCUT2D eigenvalue weighted by Gasteiger charge is 2.21. The van der Waals surface area contributed by atoms with Crippen molar-refractivity contribution in [3.8, 4) is 0 Å².